The van der Waals surface area contributed by atoms with Gasteiger partial charge in [-0.2, -0.15) is 0 Å². The van der Waals surface area contributed by atoms with E-state index in [2.05, 4.69) is 29.0 Å². The lowest BCUT2D eigenvalue weighted by Crippen LogP contribution is -2.33. The zero-order valence-electron chi connectivity index (χ0n) is 15.9. The molecule has 0 spiro atoms. The Hall–Kier alpha value is -2.73. The minimum absolute atomic E-state index is 0.0839. The number of thiocarbonyl (C=S) groups is 1. The van der Waals surface area contributed by atoms with E-state index >= 15 is 0 Å². The van der Waals surface area contributed by atoms with Crippen molar-refractivity contribution in [2.45, 2.75) is 25.9 Å². The van der Waals surface area contributed by atoms with Crippen LogP contribution in [0.3, 0.4) is 0 Å². The van der Waals surface area contributed by atoms with E-state index in [4.69, 9.17) is 12.2 Å². The van der Waals surface area contributed by atoms with Crippen molar-refractivity contribution in [3.8, 4) is 5.69 Å². The molecule has 1 saturated heterocycles. The van der Waals surface area contributed by atoms with Crippen molar-refractivity contribution in [1.82, 2.24) is 19.8 Å². The molecule has 6 heteroatoms. The summed E-state index contributed by atoms with van der Waals surface area (Å²) in [5, 5.41) is 4.15. The molecule has 3 heterocycles. The Labute approximate surface area is 170 Å². The molecule has 2 aromatic heterocycles. The molecule has 0 radical (unpaired) electrons. The molecular formula is C22H23FN4S. The van der Waals surface area contributed by atoms with E-state index in [1.165, 1.54) is 6.07 Å². The molecule has 144 valence electrons. The largest absolute Gasteiger partial charge is 0.352 e. The van der Waals surface area contributed by atoms with Crippen molar-refractivity contribution in [1.29, 1.82) is 0 Å². The Morgan fingerprint density at radius 2 is 1.89 bits per heavy atom. The molecule has 1 aromatic carbocycles. The molecule has 0 amide bonds. The summed E-state index contributed by atoms with van der Waals surface area (Å²) in [6.45, 7) is 5.15. The zero-order valence-corrected chi connectivity index (χ0v) is 16.7. The fourth-order valence-corrected chi connectivity index (χ4v) is 4.13. The van der Waals surface area contributed by atoms with Crippen LogP contribution in [0.25, 0.3) is 5.69 Å². The third kappa shape index (κ3) is 3.40. The molecule has 1 aliphatic rings. The Morgan fingerprint density at radius 3 is 2.61 bits per heavy atom. The average molecular weight is 395 g/mol. The molecule has 3 aromatic rings. The average Bonchev–Trinajstić information content (AvgIpc) is 3.27. The number of para-hydroxylation sites is 1. The fraction of sp³-hybridized carbons (Fsp3) is 0.273. The van der Waals surface area contributed by atoms with Gasteiger partial charge in [-0.3, -0.25) is 4.98 Å². The summed E-state index contributed by atoms with van der Waals surface area (Å²) in [7, 11) is 0. The Bertz CT molecular complexity index is 969. The van der Waals surface area contributed by atoms with E-state index < -0.39 is 0 Å². The molecule has 1 N–H and O–H groups in total. The van der Waals surface area contributed by atoms with Gasteiger partial charge in [0.15, 0.2) is 5.11 Å². The van der Waals surface area contributed by atoms with E-state index in [1.54, 1.807) is 18.3 Å². The van der Waals surface area contributed by atoms with E-state index in [-0.39, 0.29) is 17.9 Å². The van der Waals surface area contributed by atoms with Gasteiger partial charge >= 0.3 is 0 Å². The molecule has 4 rings (SSSR count). The van der Waals surface area contributed by atoms with E-state index in [0.29, 0.717) is 16.7 Å². The van der Waals surface area contributed by atoms with Crippen LogP contribution in [0.5, 0.6) is 0 Å². The normalized spacial score (nSPS) is 19.3. The summed E-state index contributed by atoms with van der Waals surface area (Å²) in [5.74, 6) is 0.180. The summed E-state index contributed by atoms with van der Waals surface area (Å²) in [5.41, 5.74) is 2.43. The van der Waals surface area contributed by atoms with Crippen LogP contribution in [0.2, 0.25) is 0 Å². The van der Waals surface area contributed by atoms with Gasteiger partial charge in [0, 0.05) is 24.6 Å². The van der Waals surface area contributed by atoms with Crippen molar-refractivity contribution in [2.24, 2.45) is 5.92 Å². The first-order chi connectivity index (χ1) is 13.6. The fourth-order valence-electron chi connectivity index (χ4n) is 3.82. The maximum atomic E-state index is 14.5. The van der Waals surface area contributed by atoms with Gasteiger partial charge in [0.1, 0.15) is 5.82 Å². The molecule has 0 saturated carbocycles. The summed E-state index contributed by atoms with van der Waals surface area (Å²) < 4.78 is 16.5. The predicted octanol–water partition coefficient (Wildman–Crippen LogP) is 4.64. The third-order valence-electron chi connectivity index (χ3n) is 4.95. The van der Waals surface area contributed by atoms with Gasteiger partial charge in [-0.25, -0.2) is 4.39 Å². The predicted molar refractivity (Wildman–Crippen MR) is 113 cm³/mol. The maximum Gasteiger partial charge on any atom is 0.170 e. The number of nitrogens with zero attached hydrogens (tertiary/aromatic N) is 3. The molecule has 0 bridgehead atoms. The molecule has 2 atom stereocenters. The summed E-state index contributed by atoms with van der Waals surface area (Å²) in [4.78, 5) is 6.76. The van der Waals surface area contributed by atoms with Crippen LogP contribution in [0, 0.1) is 11.7 Å². The van der Waals surface area contributed by atoms with Crippen LogP contribution in [-0.2, 0) is 0 Å². The number of rotatable bonds is 5. The minimum atomic E-state index is -0.252. The molecule has 4 nitrogen and oxygen atoms in total. The summed E-state index contributed by atoms with van der Waals surface area (Å²) in [6.07, 6.45) is 3.69. The van der Waals surface area contributed by atoms with E-state index in [0.717, 1.165) is 17.9 Å². The van der Waals surface area contributed by atoms with Crippen molar-refractivity contribution >= 4 is 17.3 Å². The second kappa shape index (κ2) is 7.72. The van der Waals surface area contributed by atoms with Crippen LogP contribution in [0.15, 0.2) is 67.0 Å². The number of benzene rings is 1. The van der Waals surface area contributed by atoms with Gasteiger partial charge in [-0.05, 0) is 54.5 Å². The first-order valence-electron chi connectivity index (χ1n) is 9.46. The number of pyridine rings is 1. The van der Waals surface area contributed by atoms with Gasteiger partial charge in [0.05, 0.1) is 23.5 Å². The Balaban J connectivity index is 1.83. The molecule has 1 fully saturated rings. The van der Waals surface area contributed by atoms with Crippen LogP contribution in [0.1, 0.15) is 37.3 Å². The number of aromatic nitrogens is 2. The second-order valence-electron chi connectivity index (χ2n) is 7.43. The lowest BCUT2D eigenvalue weighted by Gasteiger charge is -2.30. The third-order valence-corrected chi connectivity index (χ3v) is 5.31. The van der Waals surface area contributed by atoms with E-state index in [1.807, 2.05) is 47.2 Å². The Morgan fingerprint density at radius 1 is 1.11 bits per heavy atom. The molecule has 1 aliphatic heterocycles. The van der Waals surface area contributed by atoms with Gasteiger partial charge in [0.25, 0.3) is 0 Å². The SMILES string of the molecule is CC(C)CN1C(=S)N[C@H](c2ccccn2)[C@H]1c1cccn1-c1ccccc1F. The van der Waals surface area contributed by atoms with Crippen molar-refractivity contribution in [3.63, 3.8) is 0 Å². The van der Waals surface area contributed by atoms with Gasteiger partial charge < -0.3 is 14.8 Å². The van der Waals surface area contributed by atoms with Crippen molar-refractivity contribution in [3.05, 3.63) is 84.2 Å². The van der Waals surface area contributed by atoms with Crippen LogP contribution in [0.4, 0.5) is 4.39 Å². The van der Waals surface area contributed by atoms with Crippen molar-refractivity contribution in [2.75, 3.05) is 6.54 Å². The van der Waals surface area contributed by atoms with Crippen molar-refractivity contribution < 1.29 is 4.39 Å². The highest BCUT2D eigenvalue weighted by atomic mass is 32.1. The first kappa shape index (κ1) is 18.6. The second-order valence-corrected chi connectivity index (χ2v) is 7.81. The zero-order chi connectivity index (χ0) is 19.7. The van der Waals surface area contributed by atoms with Crippen LogP contribution >= 0.6 is 12.2 Å². The van der Waals surface area contributed by atoms with Gasteiger partial charge in [0.2, 0.25) is 0 Å². The topological polar surface area (TPSA) is 33.1 Å². The number of halogens is 1. The van der Waals surface area contributed by atoms with E-state index in [9.17, 15) is 4.39 Å². The molecule has 0 unspecified atom stereocenters. The highest BCUT2D eigenvalue weighted by molar-refractivity contribution is 7.80. The van der Waals surface area contributed by atoms with Crippen LogP contribution < -0.4 is 5.32 Å². The van der Waals surface area contributed by atoms with Crippen LogP contribution in [-0.4, -0.2) is 26.1 Å². The number of nitrogens with one attached hydrogen (secondary N) is 1. The minimum Gasteiger partial charge on any atom is -0.352 e. The standard InChI is InChI=1S/C22H23FN4S/c1-15(2)14-27-21(20(25-22(27)28)17-9-5-6-12-24-17)19-11-7-13-26(19)18-10-4-3-8-16(18)23/h3-13,15,20-21H,14H2,1-2H3,(H,25,28)/t20-,21-/m1/s1. The first-order valence-corrected chi connectivity index (χ1v) is 9.87. The number of hydrogen-bond donors (Lipinski definition) is 1. The molecule has 0 aliphatic carbocycles. The lowest BCUT2D eigenvalue weighted by atomic mass is 10.0. The van der Waals surface area contributed by atoms with Gasteiger partial charge in [-0.15, -0.1) is 0 Å². The molecule has 28 heavy (non-hydrogen) atoms. The summed E-state index contributed by atoms with van der Waals surface area (Å²) in [6, 6.07) is 16.5. The quantitative estimate of drug-likeness (QED) is 0.639. The lowest BCUT2D eigenvalue weighted by molar-refractivity contribution is 0.280. The highest BCUT2D eigenvalue weighted by Gasteiger charge is 2.41. The molecular weight excluding hydrogens is 371 g/mol. The number of hydrogen-bond acceptors (Lipinski definition) is 2. The maximum absolute atomic E-state index is 14.5. The highest BCUT2D eigenvalue weighted by Crippen LogP contribution is 2.40. The Kier molecular flexibility index (Phi) is 5.13. The smallest absolute Gasteiger partial charge is 0.170 e. The monoisotopic (exact) mass is 394 g/mol. The summed E-state index contributed by atoms with van der Waals surface area (Å²) >= 11 is 5.68. The van der Waals surface area contributed by atoms with Gasteiger partial charge in [-0.1, -0.05) is 32.0 Å².